The van der Waals surface area contributed by atoms with Crippen LogP contribution in [0.5, 0.6) is 0 Å². The number of halogens is 2. The number of hydrogen-bond acceptors (Lipinski definition) is 3. The van der Waals surface area contributed by atoms with Crippen LogP contribution < -0.4 is 16.0 Å². The monoisotopic (exact) mass is 413 g/mol. The number of fused-ring (bicyclic) bond motifs is 1. The zero-order chi connectivity index (χ0) is 18.7. The Kier molecular flexibility index (Phi) is 7.95. The maximum absolute atomic E-state index is 12.6. The summed E-state index contributed by atoms with van der Waals surface area (Å²) in [4.78, 5) is 24.7. The van der Waals surface area contributed by atoms with Gasteiger partial charge in [-0.05, 0) is 49.3 Å². The predicted molar refractivity (Wildman–Crippen MR) is 112 cm³/mol. The van der Waals surface area contributed by atoms with Gasteiger partial charge in [0.15, 0.2) is 0 Å². The molecule has 150 valence electrons. The van der Waals surface area contributed by atoms with Crippen LogP contribution in [0.4, 0.5) is 5.69 Å². The van der Waals surface area contributed by atoms with E-state index in [1.807, 2.05) is 13.8 Å². The zero-order valence-electron chi connectivity index (χ0n) is 15.9. The van der Waals surface area contributed by atoms with Crippen molar-refractivity contribution in [3.05, 3.63) is 28.8 Å². The van der Waals surface area contributed by atoms with Crippen LogP contribution in [0.2, 0.25) is 5.02 Å². The maximum Gasteiger partial charge on any atom is 0.252 e. The lowest BCUT2D eigenvalue weighted by Crippen LogP contribution is -2.39. The molecule has 1 aliphatic carbocycles. The number of carbonyl (C=O) groups is 2. The molecule has 3 rings (SSSR count). The third-order valence-electron chi connectivity index (χ3n) is 5.33. The van der Waals surface area contributed by atoms with Gasteiger partial charge < -0.3 is 16.0 Å². The van der Waals surface area contributed by atoms with Crippen molar-refractivity contribution in [2.45, 2.75) is 58.0 Å². The standard InChI is InChI=1S/C20H28ClN3O2.ClH/c1-12(2)11-22-19(25)15-8-7-14(10-16(15)21)23-20(26)18-9-13-5-3-4-6-17(13)24-18;/h7-8,10,12-13,17-18,24H,3-6,9,11H2,1-2H3,(H,22,25)(H,23,26);1H. The molecule has 1 aromatic rings. The van der Waals surface area contributed by atoms with Gasteiger partial charge in [0.25, 0.3) is 5.91 Å². The van der Waals surface area contributed by atoms with Gasteiger partial charge in [-0.1, -0.05) is 38.3 Å². The Morgan fingerprint density at radius 3 is 2.67 bits per heavy atom. The van der Waals surface area contributed by atoms with Crippen molar-refractivity contribution in [3.63, 3.8) is 0 Å². The minimum Gasteiger partial charge on any atom is -0.352 e. The Hall–Kier alpha value is -1.30. The molecule has 3 atom stereocenters. The van der Waals surface area contributed by atoms with E-state index in [-0.39, 0.29) is 30.3 Å². The Labute approximate surface area is 172 Å². The molecule has 7 heteroatoms. The van der Waals surface area contributed by atoms with Gasteiger partial charge >= 0.3 is 0 Å². The second kappa shape index (κ2) is 9.76. The Bertz CT molecular complexity index is 667. The molecule has 3 N–H and O–H groups in total. The van der Waals surface area contributed by atoms with Gasteiger partial charge in [-0.25, -0.2) is 0 Å². The minimum absolute atomic E-state index is 0. The molecule has 1 heterocycles. The molecule has 2 fully saturated rings. The van der Waals surface area contributed by atoms with Crippen LogP contribution in [0.15, 0.2) is 18.2 Å². The highest BCUT2D eigenvalue weighted by Gasteiger charge is 2.38. The molecule has 1 saturated heterocycles. The molecular weight excluding hydrogens is 385 g/mol. The largest absolute Gasteiger partial charge is 0.352 e. The molecule has 0 radical (unpaired) electrons. The van der Waals surface area contributed by atoms with E-state index in [9.17, 15) is 9.59 Å². The van der Waals surface area contributed by atoms with E-state index in [0.717, 1.165) is 6.42 Å². The summed E-state index contributed by atoms with van der Waals surface area (Å²) in [6, 6.07) is 5.38. The fraction of sp³-hybridized carbons (Fsp3) is 0.600. The topological polar surface area (TPSA) is 70.2 Å². The van der Waals surface area contributed by atoms with Crippen LogP contribution in [0.1, 0.15) is 56.3 Å². The number of nitrogens with one attached hydrogen (secondary N) is 3. The van der Waals surface area contributed by atoms with Crippen LogP contribution in [0, 0.1) is 11.8 Å². The fourth-order valence-corrected chi connectivity index (χ4v) is 4.19. The Balaban J connectivity index is 0.00000261. The molecule has 3 unspecified atom stereocenters. The summed E-state index contributed by atoms with van der Waals surface area (Å²) < 4.78 is 0. The van der Waals surface area contributed by atoms with Gasteiger partial charge in [-0.3, -0.25) is 9.59 Å². The van der Waals surface area contributed by atoms with Crippen molar-refractivity contribution in [1.29, 1.82) is 0 Å². The fourth-order valence-electron chi connectivity index (χ4n) is 3.92. The van der Waals surface area contributed by atoms with Gasteiger partial charge in [0.05, 0.1) is 16.6 Å². The first-order valence-corrected chi connectivity index (χ1v) is 9.96. The molecule has 5 nitrogen and oxygen atoms in total. The molecule has 0 spiro atoms. The Morgan fingerprint density at radius 2 is 2.00 bits per heavy atom. The van der Waals surface area contributed by atoms with Gasteiger partial charge in [-0.2, -0.15) is 0 Å². The average molecular weight is 414 g/mol. The Morgan fingerprint density at radius 1 is 1.26 bits per heavy atom. The second-order valence-electron chi connectivity index (χ2n) is 7.89. The third kappa shape index (κ3) is 5.59. The molecule has 2 amide bonds. The average Bonchev–Trinajstić information content (AvgIpc) is 3.04. The number of rotatable bonds is 5. The highest BCUT2D eigenvalue weighted by Crippen LogP contribution is 2.33. The zero-order valence-corrected chi connectivity index (χ0v) is 17.5. The van der Waals surface area contributed by atoms with E-state index in [1.165, 1.54) is 25.7 Å². The number of amides is 2. The van der Waals surface area contributed by atoms with Crippen molar-refractivity contribution >= 4 is 41.5 Å². The van der Waals surface area contributed by atoms with Crippen molar-refractivity contribution in [2.24, 2.45) is 11.8 Å². The lowest BCUT2D eigenvalue weighted by atomic mass is 9.85. The van der Waals surface area contributed by atoms with Crippen molar-refractivity contribution in [1.82, 2.24) is 10.6 Å². The summed E-state index contributed by atoms with van der Waals surface area (Å²) in [7, 11) is 0. The highest BCUT2D eigenvalue weighted by atomic mass is 35.5. The van der Waals surface area contributed by atoms with Gasteiger partial charge in [0.2, 0.25) is 5.91 Å². The molecule has 1 aromatic carbocycles. The maximum atomic E-state index is 12.6. The number of benzene rings is 1. The van der Waals surface area contributed by atoms with Crippen molar-refractivity contribution in [2.75, 3.05) is 11.9 Å². The van der Waals surface area contributed by atoms with Crippen LogP contribution in [0.25, 0.3) is 0 Å². The SMILES string of the molecule is CC(C)CNC(=O)c1ccc(NC(=O)C2CC3CCCCC3N2)cc1Cl.Cl. The van der Waals surface area contributed by atoms with E-state index < -0.39 is 0 Å². The molecule has 2 aliphatic rings. The summed E-state index contributed by atoms with van der Waals surface area (Å²) in [6.45, 7) is 4.67. The van der Waals surface area contributed by atoms with E-state index >= 15 is 0 Å². The van der Waals surface area contributed by atoms with Crippen LogP contribution in [0.3, 0.4) is 0 Å². The first-order valence-electron chi connectivity index (χ1n) is 9.58. The van der Waals surface area contributed by atoms with Crippen molar-refractivity contribution < 1.29 is 9.59 Å². The van der Waals surface area contributed by atoms with Crippen LogP contribution in [-0.2, 0) is 4.79 Å². The number of carbonyl (C=O) groups excluding carboxylic acids is 2. The van der Waals surface area contributed by atoms with E-state index in [0.29, 0.717) is 40.7 Å². The molecule has 27 heavy (non-hydrogen) atoms. The quantitative estimate of drug-likeness (QED) is 0.682. The lowest BCUT2D eigenvalue weighted by Gasteiger charge is -2.24. The third-order valence-corrected chi connectivity index (χ3v) is 5.64. The summed E-state index contributed by atoms with van der Waals surface area (Å²) in [5.41, 5.74) is 1.05. The first-order chi connectivity index (χ1) is 12.4. The number of anilines is 1. The van der Waals surface area contributed by atoms with E-state index in [4.69, 9.17) is 11.6 Å². The second-order valence-corrected chi connectivity index (χ2v) is 8.30. The summed E-state index contributed by atoms with van der Waals surface area (Å²) in [6.07, 6.45) is 5.80. The van der Waals surface area contributed by atoms with Crippen LogP contribution in [-0.4, -0.2) is 30.4 Å². The minimum atomic E-state index is -0.192. The summed E-state index contributed by atoms with van der Waals surface area (Å²) >= 11 is 6.25. The first kappa shape index (κ1) is 22.0. The van der Waals surface area contributed by atoms with E-state index in [1.54, 1.807) is 18.2 Å². The van der Waals surface area contributed by atoms with Gasteiger partial charge in [0.1, 0.15) is 0 Å². The predicted octanol–water partition coefficient (Wildman–Crippen LogP) is 4.01. The summed E-state index contributed by atoms with van der Waals surface area (Å²) in [5, 5.41) is 9.60. The summed E-state index contributed by atoms with van der Waals surface area (Å²) in [5.74, 6) is 0.782. The molecular formula is C20H29Cl2N3O2. The molecule has 1 saturated carbocycles. The molecule has 1 aliphatic heterocycles. The van der Waals surface area contributed by atoms with Gasteiger partial charge in [0, 0.05) is 18.3 Å². The molecule has 0 aromatic heterocycles. The molecule has 0 bridgehead atoms. The highest BCUT2D eigenvalue weighted by molar-refractivity contribution is 6.34. The van der Waals surface area contributed by atoms with Crippen molar-refractivity contribution in [3.8, 4) is 0 Å². The normalized spacial score (nSPS) is 24.1. The van der Waals surface area contributed by atoms with Gasteiger partial charge in [-0.15, -0.1) is 12.4 Å². The lowest BCUT2D eigenvalue weighted by molar-refractivity contribution is -0.117. The number of hydrogen-bond donors (Lipinski definition) is 3. The smallest absolute Gasteiger partial charge is 0.252 e. The van der Waals surface area contributed by atoms with E-state index in [2.05, 4.69) is 16.0 Å². The van der Waals surface area contributed by atoms with Crippen LogP contribution >= 0.6 is 24.0 Å².